The van der Waals surface area contributed by atoms with Gasteiger partial charge in [-0.3, -0.25) is 4.79 Å². The Morgan fingerprint density at radius 1 is 1.22 bits per heavy atom. The molecular weight excluding hydrogens is 294 g/mol. The summed E-state index contributed by atoms with van der Waals surface area (Å²) in [6.07, 6.45) is 0. The monoisotopic (exact) mass is 313 g/mol. The predicted molar refractivity (Wildman–Crippen MR) is 76.9 cm³/mol. The van der Waals surface area contributed by atoms with Crippen LogP contribution in [0.4, 0.5) is 0 Å². The minimum Gasteiger partial charge on any atom is -0.480 e. The zero-order valence-electron chi connectivity index (χ0n) is 11.2. The Morgan fingerprint density at radius 2 is 1.72 bits per heavy atom. The maximum atomic E-state index is 11.1. The van der Waals surface area contributed by atoms with Crippen molar-refractivity contribution >= 4 is 21.9 Å². The van der Waals surface area contributed by atoms with Gasteiger partial charge in [0.2, 0.25) is 0 Å². The molecule has 0 saturated carbocycles. The van der Waals surface area contributed by atoms with Gasteiger partial charge >= 0.3 is 5.97 Å². The van der Waals surface area contributed by atoms with Gasteiger partial charge in [0.25, 0.3) is 0 Å². The van der Waals surface area contributed by atoms with Gasteiger partial charge in [-0.25, -0.2) is 0 Å². The van der Waals surface area contributed by atoms with E-state index in [1.807, 2.05) is 12.1 Å². The molecule has 100 valence electrons. The van der Waals surface area contributed by atoms with Gasteiger partial charge in [0, 0.05) is 16.4 Å². The number of hydrogen-bond donors (Lipinski definition) is 2. The lowest BCUT2D eigenvalue weighted by molar-refractivity contribution is -0.143. The molecule has 1 aromatic carbocycles. The van der Waals surface area contributed by atoms with E-state index in [2.05, 4.69) is 47.2 Å². The minimum atomic E-state index is -0.910. The molecule has 0 heterocycles. The van der Waals surface area contributed by atoms with Crippen molar-refractivity contribution in [1.82, 2.24) is 5.32 Å². The molecule has 0 aromatic heterocycles. The van der Waals surface area contributed by atoms with Gasteiger partial charge in [-0.05, 0) is 31.5 Å². The largest absolute Gasteiger partial charge is 0.480 e. The molecule has 18 heavy (non-hydrogen) atoms. The smallest absolute Gasteiger partial charge is 0.323 e. The summed E-state index contributed by atoms with van der Waals surface area (Å²) in [5.74, 6) is -0.839. The van der Waals surface area contributed by atoms with Crippen molar-refractivity contribution in [3.8, 4) is 0 Å². The minimum absolute atomic E-state index is 0.118. The molecular formula is C14H20BrNO2. The van der Waals surface area contributed by atoms with Gasteiger partial charge in [0.1, 0.15) is 5.54 Å². The van der Waals surface area contributed by atoms with Crippen LogP contribution in [0.15, 0.2) is 28.7 Å². The molecule has 4 heteroatoms. The fourth-order valence-electron chi connectivity index (χ4n) is 1.52. The number of nitrogens with one attached hydrogen (secondary N) is 1. The van der Waals surface area contributed by atoms with Crippen molar-refractivity contribution in [3.05, 3.63) is 34.3 Å². The lowest BCUT2D eigenvalue weighted by Crippen LogP contribution is -2.50. The van der Waals surface area contributed by atoms with Crippen LogP contribution in [-0.4, -0.2) is 23.2 Å². The van der Waals surface area contributed by atoms with Crippen molar-refractivity contribution in [1.29, 1.82) is 0 Å². The van der Waals surface area contributed by atoms with Crippen molar-refractivity contribution in [2.45, 2.75) is 38.6 Å². The number of benzene rings is 1. The highest BCUT2D eigenvalue weighted by Crippen LogP contribution is 2.24. The molecule has 1 rings (SSSR count). The second kappa shape index (κ2) is 5.41. The molecule has 3 nitrogen and oxygen atoms in total. The second-order valence-electron chi connectivity index (χ2n) is 5.67. The van der Waals surface area contributed by atoms with E-state index in [-0.39, 0.29) is 5.41 Å². The van der Waals surface area contributed by atoms with Gasteiger partial charge in [0.15, 0.2) is 0 Å². The number of carboxylic acid groups (broad SMARTS) is 1. The van der Waals surface area contributed by atoms with Crippen LogP contribution in [0.3, 0.4) is 0 Å². The lowest BCUT2D eigenvalue weighted by atomic mass is 9.84. The average Bonchev–Trinajstić information content (AvgIpc) is 2.27. The van der Waals surface area contributed by atoms with E-state index >= 15 is 0 Å². The molecule has 0 amide bonds. The standard InChI is InChI=1S/C14H20BrNO2/c1-13(2,9-16-14(3,4)12(17)18)10-5-7-11(15)8-6-10/h5-8,16H,9H2,1-4H3,(H,17,18). The molecule has 0 spiro atoms. The zero-order valence-corrected chi connectivity index (χ0v) is 12.8. The van der Waals surface area contributed by atoms with Crippen molar-refractivity contribution < 1.29 is 9.90 Å². The summed E-state index contributed by atoms with van der Waals surface area (Å²) in [7, 11) is 0. The Bertz CT molecular complexity index is 424. The van der Waals surface area contributed by atoms with Crippen molar-refractivity contribution in [2.24, 2.45) is 0 Å². The van der Waals surface area contributed by atoms with Crippen LogP contribution in [0.25, 0.3) is 0 Å². The van der Waals surface area contributed by atoms with Crippen LogP contribution >= 0.6 is 15.9 Å². The van der Waals surface area contributed by atoms with Gasteiger partial charge in [-0.15, -0.1) is 0 Å². The first-order valence-corrected chi connectivity index (χ1v) is 6.69. The zero-order chi connectivity index (χ0) is 14.0. The Labute approximate surface area is 117 Å². The third-order valence-electron chi connectivity index (χ3n) is 3.13. The molecule has 2 N–H and O–H groups in total. The van der Waals surface area contributed by atoms with E-state index < -0.39 is 11.5 Å². The van der Waals surface area contributed by atoms with E-state index in [1.54, 1.807) is 13.8 Å². The number of rotatable bonds is 5. The molecule has 0 atom stereocenters. The fourth-order valence-corrected chi connectivity index (χ4v) is 1.79. The van der Waals surface area contributed by atoms with E-state index in [4.69, 9.17) is 5.11 Å². The van der Waals surface area contributed by atoms with Crippen LogP contribution in [0, 0.1) is 0 Å². The first-order chi connectivity index (χ1) is 8.15. The molecule has 0 bridgehead atoms. The first-order valence-electron chi connectivity index (χ1n) is 5.90. The number of carbonyl (C=O) groups is 1. The van der Waals surface area contributed by atoms with E-state index in [9.17, 15) is 4.79 Å². The Hall–Kier alpha value is -0.870. The molecule has 0 unspecified atom stereocenters. The summed E-state index contributed by atoms with van der Waals surface area (Å²) in [5.41, 5.74) is 0.152. The van der Waals surface area contributed by atoms with Gasteiger partial charge in [-0.1, -0.05) is 41.9 Å². The highest BCUT2D eigenvalue weighted by atomic mass is 79.9. The van der Waals surface area contributed by atoms with Crippen LogP contribution in [0.2, 0.25) is 0 Å². The third-order valence-corrected chi connectivity index (χ3v) is 3.66. The average molecular weight is 314 g/mol. The highest BCUT2D eigenvalue weighted by Gasteiger charge is 2.30. The third kappa shape index (κ3) is 3.82. The topological polar surface area (TPSA) is 49.3 Å². The lowest BCUT2D eigenvalue weighted by Gasteiger charge is -2.30. The van der Waals surface area contributed by atoms with E-state index in [1.165, 1.54) is 5.56 Å². The second-order valence-corrected chi connectivity index (χ2v) is 6.59. The summed E-state index contributed by atoms with van der Waals surface area (Å²) in [6, 6.07) is 8.11. The van der Waals surface area contributed by atoms with E-state index in [0.29, 0.717) is 6.54 Å². The quantitative estimate of drug-likeness (QED) is 0.877. The van der Waals surface area contributed by atoms with Crippen molar-refractivity contribution in [3.63, 3.8) is 0 Å². The van der Waals surface area contributed by atoms with Crippen LogP contribution in [0.1, 0.15) is 33.3 Å². The fraction of sp³-hybridized carbons (Fsp3) is 0.500. The van der Waals surface area contributed by atoms with Crippen LogP contribution in [0.5, 0.6) is 0 Å². The summed E-state index contributed by atoms with van der Waals surface area (Å²) < 4.78 is 1.04. The number of hydrogen-bond acceptors (Lipinski definition) is 2. The molecule has 0 aliphatic carbocycles. The molecule has 0 aliphatic heterocycles. The molecule has 0 fully saturated rings. The van der Waals surface area contributed by atoms with Gasteiger partial charge in [-0.2, -0.15) is 0 Å². The molecule has 1 aromatic rings. The summed E-state index contributed by atoms with van der Waals surface area (Å²) in [4.78, 5) is 11.1. The van der Waals surface area contributed by atoms with Gasteiger partial charge in [0.05, 0.1) is 0 Å². The predicted octanol–water partition coefficient (Wildman–Crippen LogP) is 3.18. The summed E-state index contributed by atoms with van der Waals surface area (Å²) in [5, 5.41) is 12.2. The summed E-state index contributed by atoms with van der Waals surface area (Å²) >= 11 is 3.41. The van der Waals surface area contributed by atoms with Crippen LogP contribution < -0.4 is 5.32 Å². The molecule has 0 aliphatic rings. The molecule has 0 saturated heterocycles. The van der Waals surface area contributed by atoms with Crippen LogP contribution in [-0.2, 0) is 10.2 Å². The number of carboxylic acids is 1. The number of halogens is 1. The normalized spacial score (nSPS) is 12.5. The molecule has 0 radical (unpaired) electrons. The Morgan fingerprint density at radius 3 is 2.17 bits per heavy atom. The highest BCUT2D eigenvalue weighted by molar-refractivity contribution is 9.10. The van der Waals surface area contributed by atoms with Gasteiger partial charge < -0.3 is 10.4 Å². The summed E-state index contributed by atoms with van der Waals surface area (Å²) in [6.45, 7) is 8.15. The maximum Gasteiger partial charge on any atom is 0.323 e. The Kier molecular flexibility index (Phi) is 4.56. The van der Waals surface area contributed by atoms with E-state index in [0.717, 1.165) is 4.47 Å². The SMILES string of the molecule is CC(C)(NCC(C)(C)c1ccc(Br)cc1)C(=O)O. The van der Waals surface area contributed by atoms with Crippen molar-refractivity contribution in [2.75, 3.05) is 6.54 Å². The maximum absolute atomic E-state index is 11.1. The first kappa shape index (κ1) is 15.2. The number of aliphatic carboxylic acids is 1. The Balaban J connectivity index is 2.76.